The normalized spacial score (nSPS) is 20.3. The van der Waals surface area contributed by atoms with Gasteiger partial charge in [0, 0.05) is 12.3 Å². The highest BCUT2D eigenvalue weighted by atomic mass is 32.2. The lowest BCUT2D eigenvalue weighted by atomic mass is 9.96. The fourth-order valence-corrected chi connectivity index (χ4v) is 16.8. The van der Waals surface area contributed by atoms with Crippen LogP contribution in [0.4, 0.5) is 0 Å². The molecule has 1 aliphatic rings. The van der Waals surface area contributed by atoms with Crippen LogP contribution in [0.2, 0.25) is 5.04 Å². The second-order valence-electron chi connectivity index (χ2n) is 17.9. The van der Waals surface area contributed by atoms with Gasteiger partial charge in [-0.2, -0.15) is 8.42 Å². The Kier molecular flexibility index (Phi) is 13.1. The highest BCUT2D eigenvalue weighted by Gasteiger charge is 2.73. The molecule has 2 heterocycles. The molecule has 1 fully saturated rings. The molecule has 0 radical (unpaired) electrons. The number of fused-ring (bicyclic) bond motifs is 1. The number of ether oxygens (including phenoxy) is 2. The summed E-state index contributed by atoms with van der Waals surface area (Å²) in [5.74, 6) is 0. The van der Waals surface area contributed by atoms with Crippen LogP contribution < -0.4 is 21.6 Å². The van der Waals surface area contributed by atoms with Gasteiger partial charge in [0.25, 0.3) is 24.0 Å². The number of aliphatic hydroxyl groups is 1. The van der Waals surface area contributed by atoms with Crippen molar-refractivity contribution >= 4 is 49.4 Å². The number of hydrogen-bond acceptors (Lipinski definition) is 11. The maximum Gasteiger partial charge on any atom is 0.330 e. The van der Waals surface area contributed by atoms with Crippen LogP contribution in [0.25, 0.3) is 10.8 Å². The molecule has 1 saturated heterocycles. The van der Waals surface area contributed by atoms with Gasteiger partial charge in [-0.05, 0) is 69.4 Å². The standard InChI is InChI=1S/C51H52N2O11S2Si/c1-36-27-29-40(30-28-36)66(59,60)62-34-50(35-63-67(49(3,4)5,41-21-8-6-9-22-41)42-23-10-7-11-24-42)46(61-33-39-20-16-19-38-18-13-14-25-43(38)39)51(56,65(57,58)44-26-15-12-17-37(44)2)47(64-50)53-32-31-45(54)52-48(53)55/h6-32,46-47,56H,33-35H2,1-5H3,(H,52,54,55)/t46-,47-,50-,51+/m1/s1. The Labute approximate surface area is 390 Å². The number of rotatable bonds is 15. The monoisotopic (exact) mass is 960 g/mol. The molecule has 7 aromatic rings. The van der Waals surface area contributed by atoms with E-state index in [4.69, 9.17) is 18.1 Å². The summed E-state index contributed by atoms with van der Waals surface area (Å²) in [6, 6.07) is 45.0. The molecular formula is C51H52N2O11S2Si. The summed E-state index contributed by atoms with van der Waals surface area (Å²) in [7, 11) is -13.4. The topological polar surface area (TPSA) is 180 Å². The van der Waals surface area contributed by atoms with Crippen LogP contribution in [0.3, 0.4) is 0 Å². The van der Waals surface area contributed by atoms with Crippen molar-refractivity contribution in [1.82, 2.24) is 9.55 Å². The average molecular weight is 961 g/mol. The summed E-state index contributed by atoms with van der Waals surface area (Å²) >= 11 is 0. The van der Waals surface area contributed by atoms with E-state index >= 15 is 8.42 Å². The molecule has 6 aromatic carbocycles. The van der Waals surface area contributed by atoms with E-state index in [1.54, 1.807) is 44.2 Å². The average Bonchev–Trinajstić information content (AvgIpc) is 3.56. The Balaban J connectivity index is 1.42. The molecular weight excluding hydrogens is 909 g/mol. The van der Waals surface area contributed by atoms with E-state index in [1.165, 1.54) is 24.3 Å². The lowest BCUT2D eigenvalue weighted by Gasteiger charge is -2.46. The zero-order valence-electron chi connectivity index (χ0n) is 37.7. The minimum atomic E-state index is -5.15. The Hall–Kier alpha value is -5.82. The van der Waals surface area contributed by atoms with Crippen LogP contribution in [0.5, 0.6) is 0 Å². The number of nitrogens with one attached hydrogen (secondary N) is 1. The molecule has 67 heavy (non-hydrogen) atoms. The number of aromatic nitrogens is 2. The molecule has 1 aliphatic heterocycles. The van der Waals surface area contributed by atoms with Gasteiger partial charge in [-0.3, -0.25) is 18.5 Å². The Morgan fingerprint density at radius 3 is 1.96 bits per heavy atom. The van der Waals surface area contributed by atoms with E-state index in [9.17, 15) is 23.1 Å². The number of nitrogens with zero attached hydrogens (tertiary/aromatic N) is 1. The number of aromatic amines is 1. The van der Waals surface area contributed by atoms with Crippen molar-refractivity contribution in [3.63, 3.8) is 0 Å². The number of sulfone groups is 1. The first kappa shape index (κ1) is 47.7. The number of hydrogen-bond donors (Lipinski definition) is 2. The minimum Gasteiger partial charge on any atom is -0.404 e. The van der Waals surface area contributed by atoms with Gasteiger partial charge < -0.3 is 19.0 Å². The molecule has 0 bridgehead atoms. The molecule has 0 spiro atoms. The first-order valence-electron chi connectivity index (χ1n) is 21.7. The van der Waals surface area contributed by atoms with Crippen molar-refractivity contribution in [2.75, 3.05) is 13.2 Å². The zero-order valence-corrected chi connectivity index (χ0v) is 40.3. The van der Waals surface area contributed by atoms with Gasteiger partial charge in [-0.15, -0.1) is 0 Å². The molecule has 13 nitrogen and oxygen atoms in total. The Morgan fingerprint density at radius 2 is 1.33 bits per heavy atom. The molecule has 0 unspecified atom stereocenters. The maximum atomic E-state index is 15.7. The highest BCUT2D eigenvalue weighted by molar-refractivity contribution is 7.92. The molecule has 0 amide bonds. The summed E-state index contributed by atoms with van der Waals surface area (Å²) in [4.78, 5) is 24.9. The van der Waals surface area contributed by atoms with Crippen molar-refractivity contribution in [1.29, 1.82) is 0 Å². The van der Waals surface area contributed by atoms with Crippen LogP contribution in [-0.2, 0) is 44.6 Å². The summed E-state index contributed by atoms with van der Waals surface area (Å²) < 4.78 is 88.1. The van der Waals surface area contributed by atoms with Crippen molar-refractivity contribution in [2.24, 2.45) is 0 Å². The Bertz CT molecular complexity index is 3210. The second-order valence-corrected chi connectivity index (χ2v) is 25.9. The smallest absolute Gasteiger partial charge is 0.330 e. The fraction of sp³-hybridized carbons (Fsp3) is 0.255. The van der Waals surface area contributed by atoms with Gasteiger partial charge >= 0.3 is 5.69 Å². The van der Waals surface area contributed by atoms with Crippen LogP contribution in [0, 0.1) is 13.8 Å². The van der Waals surface area contributed by atoms with Gasteiger partial charge in [-0.1, -0.05) is 160 Å². The zero-order chi connectivity index (χ0) is 47.8. The molecule has 8 rings (SSSR count). The Morgan fingerprint density at radius 1 is 0.731 bits per heavy atom. The third-order valence-corrected chi connectivity index (χ3v) is 21.0. The van der Waals surface area contributed by atoms with E-state index in [-0.39, 0.29) is 22.0 Å². The summed E-state index contributed by atoms with van der Waals surface area (Å²) in [6.45, 7) is 7.44. The first-order chi connectivity index (χ1) is 31.8. The fourth-order valence-electron chi connectivity index (χ4n) is 9.12. The molecule has 348 valence electrons. The highest BCUT2D eigenvalue weighted by Crippen LogP contribution is 2.52. The van der Waals surface area contributed by atoms with Crippen molar-refractivity contribution in [2.45, 2.75) is 78.9 Å². The van der Waals surface area contributed by atoms with Gasteiger partial charge in [0.2, 0.25) is 14.8 Å². The van der Waals surface area contributed by atoms with Gasteiger partial charge in [-0.25, -0.2) is 13.2 Å². The molecule has 4 atom stereocenters. The lowest BCUT2D eigenvalue weighted by molar-refractivity contribution is -0.156. The predicted octanol–water partition coefficient (Wildman–Crippen LogP) is 6.30. The molecule has 2 N–H and O–H groups in total. The van der Waals surface area contributed by atoms with Gasteiger partial charge in [0.15, 0.2) is 6.23 Å². The molecule has 1 aromatic heterocycles. The summed E-state index contributed by atoms with van der Waals surface area (Å²) in [6.07, 6.45) is -3.30. The summed E-state index contributed by atoms with van der Waals surface area (Å²) in [5.41, 5.74) is -2.69. The quantitative estimate of drug-likeness (QED) is 0.0870. The van der Waals surface area contributed by atoms with Crippen LogP contribution in [-0.4, -0.2) is 69.7 Å². The first-order valence-corrected chi connectivity index (χ1v) is 26.5. The van der Waals surface area contributed by atoms with E-state index in [2.05, 4.69) is 4.98 Å². The predicted molar refractivity (Wildman–Crippen MR) is 258 cm³/mol. The molecule has 0 aliphatic carbocycles. The third-order valence-electron chi connectivity index (χ3n) is 12.5. The lowest BCUT2D eigenvalue weighted by Crippen LogP contribution is -2.69. The molecule has 0 saturated carbocycles. The SMILES string of the molecule is Cc1ccc(S(=O)(=O)OC[C@]2(CO[Si](c3ccccc3)(c3ccccc3)C(C)(C)C)O[C@@H](n3ccc(=O)[nH]c3=O)[C@@](O)(S(=O)(=O)c3ccccc3C)[C@@H]2OCc2cccc3ccccc23)cc1. The second kappa shape index (κ2) is 18.3. The van der Waals surface area contributed by atoms with Crippen molar-refractivity contribution in [3.8, 4) is 0 Å². The number of H-pyrrole nitrogens is 1. The van der Waals surface area contributed by atoms with E-state index in [0.717, 1.165) is 43.5 Å². The molecule has 16 heteroatoms. The van der Waals surface area contributed by atoms with Crippen LogP contribution in [0.1, 0.15) is 43.7 Å². The van der Waals surface area contributed by atoms with E-state index in [1.807, 2.05) is 118 Å². The number of benzene rings is 6. The van der Waals surface area contributed by atoms with E-state index < -0.39 is 80.6 Å². The summed E-state index contributed by atoms with van der Waals surface area (Å²) in [5, 5.41) is 16.3. The van der Waals surface area contributed by atoms with Crippen molar-refractivity contribution < 1.29 is 40.0 Å². The number of aryl methyl sites for hydroxylation is 2. The van der Waals surface area contributed by atoms with Gasteiger partial charge in [0.05, 0.1) is 23.0 Å². The minimum absolute atomic E-state index is 0.205. The third kappa shape index (κ3) is 8.68. The van der Waals surface area contributed by atoms with Gasteiger partial charge in [0.1, 0.15) is 18.3 Å². The van der Waals surface area contributed by atoms with Crippen molar-refractivity contribution in [3.05, 3.63) is 201 Å². The largest absolute Gasteiger partial charge is 0.404 e. The maximum absolute atomic E-state index is 15.7. The van der Waals surface area contributed by atoms with E-state index in [0.29, 0.717) is 5.56 Å². The van der Waals surface area contributed by atoms with Crippen LogP contribution >= 0.6 is 0 Å². The van der Waals surface area contributed by atoms with Crippen LogP contribution in [0.15, 0.2) is 183 Å².